The summed E-state index contributed by atoms with van der Waals surface area (Å²) in [5.41, 5.74) is 1.68. The minimum absolute atomic E-state index is 0.123. The summed E-state index contributed by atoms with van der Waals surface area (Å²) in [6, 6.07) is 16.3. The third-order valence-corrected chi connectivity index (χ3v) is 4.53. The molecule has 3 aromatic rings. The summed E-state index contributed by atoms with van der Waals surface area (Å²) in [4.78, 5) is 29.1. The highest BCUT2D eigenvalue weighted by atomic mass is 16.5. The Morgan fingerprint density at radius 3 is 2.48 bits per heavy atom. The maximum Gasteiger partial charge on any atom is 0.240 e. The molecule has 3 rings (SSSR count). The number of hydrogen-bond acceptors (Lipinski definition) is 4. The topological polar surface area (TPSA) is 85.2 Å². The third kappa shape index (κ3) is 5.22. The molecule has 0 saturated heterocycles. The number of ether oxygens (including phenoxy) is 1. The molecule has 1 atom stereocenters. The van der Waals surface area contributed by atoms with E-state index in [1.165, 1.54) is 0 Å². The molecule has 1 unspecified atom stereocenters. The Morgan fingerprint density at radius 2 is 1.79 bits per heavy atom. The van der Waals surface area contributed by atoms with Crippen molar-refractivity contribution in [1.82, 2.24) is 20.2 Å². The SMILES string of the molecule is COc1ccccc1C(NC(=O)CNC(=O)Cc1ccccc1)c1nccn1C. The van der Waals surface area contributed by atoms with Gasteiger partial charge in [-0.1, -0.05) is 48.5 Å². The first-order valence-electron chi connectivity index (χ1n) is 9.28. The van der Waals surface area contributed by atoms with Crippen LogP contribution in [0.25, 0.3) is 0 Å². The van der Waals surface area contributed by atoms with Crippen LogP contribution in [0, 0.1) is 0 Å². The van der Waals surface area contributed by atoms with Crippen molar-refractivity contribution in [2.24, 2.45) is 7.05 Å². The number of aromatic nitrogens is 2. The van der Waals surface area contributed by atoms with Crippen LogP contribution in [-0.4, -0.2) is 35.0 Å². The molecule has 0 spiro atoms. The second-order valence-electron chi connectivity index (χ2n) is 6.58. The van der Waals surface area contributed by atoms with Crippen LogP contribution in [0.2, 0.25) is 0 Å². The van der Waals surface area contributed by atoms with Crippen molar-refractivity contribution in [2.45, 2.75) is 12.5 Å². The van der Waals surface area contributed by atoms with E-state index < -0.39 is 6.04 Å². The van der Waals surface area contributed by atoms with Gasteiger partial charge in [-0.25, -0.2) is 4.98 Å². The van der Waals surface area contributed by atoms with Gasteiger partial charge in [0.25, 0.3) is 0 Å². The van der Waals surface area contributed by atoms with Crippen LogP contribution in [-0.2, 0) is 23.1 Å². The number of imidazole rings is 1. The van der Waals surface area contributed by atoms with E-state index in [1.54, 1.807) is 13.3 Å². The highest BCUT2D eigenvalue weighted by Crippen LogP contribution is 2.28. The quantitative estimate of drug-likeness (QED) is 0.614. The van der Waals surface area contributed by atoms with Crippen molar-refractivity contribution >= 4 is 11.8 Å². The second kappa shape index (κ2) is 9.54. The van der Waals surface area contributed by atoms with Crippen molar-refractivity contribution in [1.29, 1.82) is 0 Å². The number of aryl methyl sites for hydroxylation is 1. The number of methoxy groups -OCH3 is 1. The Hall–Kier alpha value is -3.61. The smallest absolute Gasteiger partial charge is 0.240 e. The van der Waals surface area contributed by atoms with Gasteiger partial charge < -0.3 is 19.9 Å². The summed E-state index contributed by atoms with van der Waals surface area (Å²) in [6.45, 7) is -0.123. The lowest BCUT2D eigenvalue weighted by Gasteiger charge is -2.21. The van der Waals surface area contributed by atoms with Gasteiger partial charge in [0.1, 0.15) is 17.6 Å². The zero-order chi connectivity index (χ0) is 20.6. The first kappa shape index (κ1) is 20.1. The van der Waals surface area contributed by atoms with Gasteiger partial charge in [0.2, 0.25) is 11.8 Å². The zero-order valence-corrected chi connectivity index (χ0v) is 16.5. The number of amides is 2. The predicted octanol–water partition coefficient (Wildman–Crippen LogP) is 1.99. The molecule has 0 aliphatic rings. The molecular formula is C22H24N4O3. The van der Waals surface area contributed by atoms with Crippen LogP contribution in [0.1, 0.15) is 23.0 Å². The maximum absolute atomic E-state index is 12.6. The largest absolute Gasteiger partial charge is 0.496 e. The molecule has 7 heteroatoms. The number of para-hydroxylation sites is 1. The van der Waals surface area contributed by atoms with E-state index in [9.17, 15) is 9.59 Å². The molecule has 0 aliphatic heterocycles. The second-order valence-corrected chi connectivity index (χ2v) is 6.58. The lowest BCUT2D eigenvalue weighted by Crippen LogP contribution is -2.40. The standard InChI is InChI=1S/C22H24N4O3/c1-26-13-12-23-22(26)21(17-10-6-7-11-18(17)29-2)25-20(28)15-24-19(27)14-16-8-4-3-5-9-16/h3-13,21H,14-15H2,1-2H3,(H,24,27)(H,25,28). The van der Waals surface area contributed by atoms with Crippen molar-refractivity contribution in [3.8, 4) is 5.75 Å². The molecule has 2 aromatic carbocycles. The normalized spacial score (nSPS) is 11.5. The van der Waals surface area contributed by atoms with E-state index in [4.69, 9.17) is 4.74 Å². The minimum Gasteiger partial charge on any atom is -0.496 e. The van der Waals surface area contributed by atoms with Gasteiger partial charge >= 0.3 is 0 Å². The average molecular weight is 392 g/mol. The molecule has 0 bridgehead atoms. The number of hydrogen-bond donors (Lipinski definition) is 2. The number of rotatable bonds is 8. The summed E-state index contributed by atoms with van der Waals surface area (Å²) in [5, 5.41) is 5.62. The zero-order valence-electron chi connectivity index (χ0n) is 16.5. The van der Waals surface area contributed by atoms with Crippen molar-refractivity contribution < 1.29 is 14.3 Å². The first-order valence-corrected chi connectivity index (χ1v) is 9.28. The fourth-order valence-corrected chi connectivity index (χ4v) is 3.08. The van der Waals surface area contributed by atoms with E-state index in [1.807, 2.05) is 72.4 Å². The number of nitrogens with one attached hydrogen (secondary N) is 2. The Labute approximate surface area is 169 Å². The first-order chi connectivity index (χ1) is 14.1. The van der Waals surface area contributed by atoms with Gasteiger partial charge in [0.05, 0.1) is 20.1 Å². The molecule has 1 heterocycles. The monoisotopic (exact) mass is 392 g/mol. The van der Waals surface area contributed by atoms with E-state index in [-0.39, 0.29) is 24.8 Å². The van der Waals surface area contributed by atoms with Crippen LogP contribution in [0.4, 0.5) is 0 Å². The van der Waals surface area contributed by atoms with Gasteiger partial charge in [-0.05, 0) is 11.6 Å². The van der Waals surface area contributed by atoms with Crippen molar-refractivity contribution in [2.75, 3.05) is 13.7 Å². The van der Waals surface area contributed by atoms with Gasteiger partial charge in [-0.3, -0.25) is 9.59 Å². The molecule has 7 nitrogen and oxygen atoms in total. The summed E-state index contributed by atoms with van der Waals surface area (Å²) in [5.74, 6) is 0.787. The van der Waals surface area contributed by atoms with Crippen molar-refractivity contribution in [3.63, 3.8) is 0 Å². The molecular weight excluding hydrogens is 368 g/mol. The molecule has 0 saturated carbocycles. The van der Waals surface area contributed by atoms with Gasteiger partial charge in [-0.2, -0.15) is 0 Å². The molecule has 150 valence electrons. The molecule has 0 aliphatic carbocycles. The molecule has 0 fully saturated rings. The Morgan fingerprint density at radius 1 is 1.07 bits per heavy atom. The minimum atomic E-state index is -0.510. The van der Waals surface area contributed by atoms with E-state index >= 15 is 0 Å². The van der Waals surface area contributed by atoms with Crippen LogP contribution in [0.3, 0.4) is 0 Å². The number of benzene rings is 2. The fourth-order valence-electron chi connectivity index (χ4n) is 3.08. The third-order valence-electron chi connectivity index (χ3n) is 4.53. The van der Waals surface area contributed by atoms with Crippen LogP contribution < -0.4 is 15.4 Å². The lowest BCUT2D eigenvalue weighted by atomic mass is 10.0. The van der Waals surface area contributed by atoms with Crippen LogP contribution in [0.5, 0.6) is 5.75 Å². The summed E-state index contributed by atoms with van der Waals surface area (Å²) < 4.78 is 7.29. The van der Waals surface area contributed by atoms with Crippen LogP contribution >= 0.6 is 0 Å². The van der Waals surface area contributed by atoms with E-state index in [0.717, 1.165) is 11.1 Å². The predicted molar refractivity (Wildman–Crippen MR) is 109 cm³/mol. The highest BCUT2D eigenvalue weighted by Gasteiger charge is 2.23. The summed E-state index contributed by atoms with van der Waals surface area (Å²) in [7, 11) is 3.44. The Kier molecular flexibility index (Phi) is 6.63. The van der Waals surface area contributed by atoms with Gasteiger partial charge in [0.15, 0.2) is 0 Å². The van der Waals surface area contributed by atoms with Crippen LogP contribution in [0.15, 0.2) is 67.0 Å². The number of carbonyl (C=O) groups excluding carboxylic acids is 2. The van der Waals surface area contributed by atoms with Gasteiger partial charge in [-0.15, -0.1) is 0 Å². The average Bonchev–Trinajstić information content (AvgIpc) is 3.17. The van der Waals surface area contributed by atoms with E-state index in [2.05, 4.69) is 15.6 Å². The number of carbonyl (C=O) groups is 2. The van der Waals surface area contributed by atoms with E-state index in [0.29, 0.717) is 11.6 Å². The molecule has 29 heavy (non-hydrogen) atoms. The Bertz CT molecular complexity index is 969. The molecule has 2 amide bonds. The molecule has 1 aromatic heterocycles. The molecule has 0 radical (unpaired) electrons. The Balaban J connectivity index is 1.69. The van der Waals surface area contributed by atoms with Gasteiger partial charge in [0, 0.05) is 25.0 Å². The lowest BCUT2D eigenvalue weighted by molar-refractivity contribution is -0.126. The summed E-state index contributed by atoms with van der Waals surface area (Å²) in [6.07, 6.45) is 3.71. The van der Waals surface area contributed by atoms with Crippen molar-refractivity contribution in [3.05, 3.63) is 83.9 Å². The summed E-state index contributed by atoms with van der Waals surface area (Å²) >= 11 is 0. The highest BCUT2D eigenvalue weighted by molar-refractivity contribution is 5.86. The fraction of sp³-hybridized carbons (Fsp3) is 0.227. The molecule has 2 N–H and O–H groups in total. The number of nitrogens with zero attached hydrogens (tertiary/aromatic N) is 2. The maximum atomic E-state index is 12.6.